The Morgan fingerprint density at radius 3 is 1.47 bits per heavy atom. The molecule has 0 unspecified atom stereocenters. The van der Waals surface area contributed by atoms with Gasteiger partial charge in [-0.2, -0.15) is 0 Å². The van der Waals surface area contributed by atoms with Crippen LogP contribution in [0.25, 0.3) is 0 Å². The Balaban J connectivity index is 0.000000354. The van der Waals surface area contributed by atoms with Gasteiger partial charge in [0.2, 0.25) is 10.5 Å². The van der Waals surface area contributed by atoms with E-state index >= 15 is 0 Å². The molecule has 0 radical (unpaired) electrons. The molecule has 0 aliphatic carbocycles. The molecule has 1 aromatic rings. The van der Waals surface area contributed by atoms with Gasteiger partial charge in [0, 0.05) is 12.4 Å². The number of pyridine rings is 1. The lowest BCUT2D eigenvalue weighted by Crippen LogP contribution is -2.32. The van der Waals surface area contributed by atoms with Gasteiger partial charge in [-0.3, -0.25) is 14.6 Å². The Morgan fingerprint density at radius 1 is 1.00 bits per heavy atom. The van der Waals surface area contributed by atoms with Crippen LogP contribution in [0.3, 0.4) is 0 Å². The van der Waals surface area contributed by atoms with Crippen LogP contribution >= 0.6 is 23.2 Å². The summed E-state index contributed by atoms with van der Waals surface area (Å²) in [6.45, 7) is 3.42. The molecule has 1 heterocycles. The molecule has 17 heavy (non-hydrogen) atoms. The summed E-state index contributed by atoms with van der Waals surface area (Å²) in [5.74, 6) is 0. The van der Waals surface area contributed by atoms with Crippen molar-refractivity contribution in [3.8, 4) is 0 Å². The van der Waals surface area contributed by atoms with Crippen molar-refractivity contribution < 1.29 is 9.59 Å². The SMILES string of the molecule is CCC(CC)(C(=O)Cl)C(=O)Cl.c1ccncc1. The summed E-state index contributed by atoms with van der Waals surface area (Å²) in [4.78, 5) is 25.4. The predicted octanol–water partition coefficient (Wildman–Crippen LogP) is 3.41. The topological polar surface area (TPSA) is 47.0 Å². The molecule has 0 N–H and O–H groups in total. The van der Waals surface area contributed by atoms with E-state index in [1.54, 1.807) is 26.2 Å². The standard InChI is InChI=1S/C7H10Cl2O2.C5H5N/c1-3-7(4-2,5(8)10)6(9)11;1-2-4-6-5-3-1/h3-4H2,1-2H3;1-5H. The first-order chi connectivity index (χ1) is 8.01. The van der Waals surface area contributed by atoms with E-state index in [1.165, 1.54) is 0 Å². The molecular weight excluding hydrogens is 261 g/mol. The van der Waals surface area contributed by atoms with Gasteiger partial charge < -0.3 is 0 Å². The minimum absolute atomic E-state index is 0.355. The number of hydrogen-bond acceptors (Lipinski definition) is 3. The van der Waals surface area contributed by atoms with E-state index in [0.717, 1.165) is 0 Å². The second kappa shape index (κ2) is 8.20. The Labute approximate surface area is 111 Å². The number of halogens is 2. The van der Waals surface area contributed by atoms with E-state index in [0.29, 0.717) is 12.8 Å². The minimum atomic E-state index is -1.16. The molecule has 0 amide bonds. The van der Waals surface area contributed by atoms with Gasteiger partial charge in [0.1, 0.15) is 5.41 Å². The second-order valence-corrected chi connectivity index (χ2v) is 4.05. The van der Waals surface area contributed by atoms with Crippen molar-refractivity contribution in [1.82, 2.24) is 4.98 Å². The van der Waals surface area contributed by atoms with Crippen molar-refractivity contribution in [3.63, 3.8) is 0 Å². The molecule has 5 heteroatoms. The molecule has 94 valence electrons. The molecule has 0 aliphatic heterocycles. The first-order valence-corrected chi connectivity index (χ1v) is 6.01. The van der Waals surface area contributed by atoms with Crippen LogP contribution in [0.4, 0.5) is 0 Å². The third kappa shape index (κ3) is 4.84. The molecule has 1 rings (SSSR count). The number of aromatic nitrogens is 1. The molecule has 0 aliphatic rings. The molecule has 0 saturated heterocycles. The predicted molar refractivity (Wildman–Crippen MR) is 69.0 cm³/mol. The zero-order valence-corrected chi connectivity index (χ0v) is 11.3. The molecule has 0 aromatic carbocycles. The summed E-state index contributed by atoms with van der Waals surface area (Å²) < 4.78 is 0. The fraction of sp³-hybridized carbons (Fsp3) is 0.417. The summed E-state index contributed by atoms with van der Waals surface area (Å²) >= 11 is 10.5. The van der Waals surface area contributed by atoms with E-state index in [4.69, 9.17) is 23.2 Å². The van der Waals surface area contributed by atoms with Gasteiger partial charge in [-0.1, -0.05) is 19.9 Å². The Hall–Kier alpha value is -0.930. The number of rotatable bonds is 4. The average Bonchev–Trinajstić information content (AvgIpc) is 2.33. The fourth-order valence-corrected chi connectivity index (χ4v) is 1.95. The van der Waals surface area contributed by atoms with Crippen LogP contribution in [-0.4, -0.2) is 15.5 Å². The van der Waals surface area contributed by atoms with Crippen LogP contribution < -0.4 is 0 Å². The van der Waals surface area contributed by atoms with Crippen LogP contribution in [0.15, 0.2) is 30.6 Å². The van der Waals surface area contributed by atoms with Gasteiger partial charge in [0.15, 0.2) is 0 Å². The van der Waals surface area contributed by atoms with Crippen molar-refractivity contribution in [3.05, 3.63) is 30.6 Å². The first kappa shape index (κ1) is 16.1. The van der Waals surface area contributed by atoms with Crippen molar-refractivity contribution in [2.24, 2.45) is 5.41 Å². The lowest BCUT2D eigenvalue weighted by Gasteiger charge is -2.21. The van der Waals surface area contributed by atoms with Gasteiger partial charge in [0.25, 0.3) is 0 Å². The zero-order chi connectivity index (χ0) is 13.3. The molecule has 0 atom stereocenters. The molecule has 3 nitrogen and oxygen atoms in total. The lowest BCUT2D eigenvalue weighted by molar-refractivity contribution is -0.131. The molecular formula is C12H15Cl2NO2. The number of carbonyl (C=O) groups is 2. The maximum atomic E-state index is 10.8. The summed E-state index contributed by atoms with van der Waals surface area (Å²) in [5.41, 5.74) is -1.16. The van der Waals surface area contributed by atoms with Crippen molar-refractivity contribution in [2.45, 2.75) is 26.7 Å². The third-order valence-electron chi connectivity index (χ3n) is 2.53. The maximum absolute atomic E-state index is 10.8. The third-order valence-corrected chi connectivity index (χ3v) is 3.25. The highest BCUT2D eigenvalue weighted by Crippen LogP contribution is 2.31. The first-order valence-electron chi connectivity index (χ1n) is 5.26. The fourth-order valence-electron chi connectivity index (χ4n) is 1.20. The molecule has 0 bridgehead atoms. The number of carbonyl (C=O) groups excluding carboxylic acids is 2. The van der Waals surface area contributed by atoms with Crippen molar-refractivity contribution >= 4 is 33.7 Å². The van der Waals surface area contributed by atoms with Crippen LogP contribution in [-0.2, 0) is 9.59 Å². The minimum Gasteiger partial charge on any atom is -0.280 e. The zero-order valence-electron chi connectivity index (χ0n) is 9.82. The monoisotopic (exact) mass is 275 g/mol. The summed E-state index contributed by atoms with van der Waals surface area (Å²) in [6.07, 6.45) is 4.21. The Kier molecular flexibility index (Phi) is 7.75. The van der Waals surface area contributed by atoms with Crippen molar-refractivity contribution in [1.29, 1.82) is 0 Å². The van der Waals surface area contributed by atoms with Gasteiger partial charge in [-0.25, -0.2) is 0 Å². The number of nitrogens with zero attached hydrogens (tertiary/aromatic N) is 1. The smallest absolute Gasteiger partial charge is 0.236 e. The van der Waals surface area contributed by atoms with Gasteiger partial charge in [0.05, 0.1) is 0 Å². The molecule has 1 aromatic heterocycles. The number of hydrogen-bond donors (Lipinski definition) is 0. The van der Waals surface area contributed by atoms with Crippen LogP contribution in [0.5, 0.6) is 0 Å². The van der Waals surface area contributed by atoms with E-state index in [2.05, 4.69) is 4.98 Å². The Morgan fingerprint density at radius 2 is 1.41 bits per heavy atom. The van der Waals surface area contributed by atoms with E-state index in [1.807, 2.05) is 18.2 Å². The Bertz CT molecular complexity index is 308. The molecule has 0 fully saturated rings. The average molecular weight is 276 g/mol. The van der Waals surface area contributed by atoms with Gasteiger partial charge in [-0.15, -0.1) is 0 Å². The normalized spacial score (nSPS) is 10.1. The maximum Gasteiger partial charge on any atom is 0.236 e. The second-order valence-electron chi connectivity index (χ2n) is 3.36. The van der Waals surface area contributed by atoms with Crippen LogP contribution in [0.1, 0.15) is 26.7 Å². The van der Waals surface area contributed by atoms with E-state index in [9.17, 15) is 9.59 Å². The quantitative estimate of drug-likeness (QED) is 0.625. The van der Waals surface area contributed by atoms with Gasteiger partial charge >= 0.3 is 0 Å². The van der Waals surface area contributed by atoms with Crippen molar-refractivity contribution in [2.75, 3.05) is 0 Å². The van der Waals surface area contributed by atoms with Crippen LogP contribution in [0.2, 0.25) is 0 Å². The summed E-state index contributed by atoms with van der Waals surface area (Å²) in [7, 11) is 0. The highest BCUT2D eigenvalue weighted by molar-refractivity contribution is 6.74. The largest absolute Gasteiger partial charge is 0.280 e. The highest BCUT2D eigenvalue weighted by Gasteiger charge is 2.40. The van der Waals surface area contributed by atoms with E-state index < -0.39 is 15.9 Å². The molecule has 0 spiro atoms. The summed E-state index contributed by atoms with van der Waals surface area (Å²) in [5, 5.41) is -1.33. The lowest BCUT2D eigenvalue weighted by atomic mass is 9.85. The van der Waals surface area contributed by atoms with E-state index in [-0.39, 0.29) is 0 Å². The highest BCUT2D eigenvalue weighted by atomic mass is 35.5. The molecule has 0 saturated carbocycles. The van der Waals surface area contributed by atoms with Crippen LogP contribution in [0, 0.1) is 5.41 Å². The summed E-state index contributed by atoms with van der Waals surface area (Å²) in [6, 6.07) is 5.72. The van der Waals surface area contributed by atoms with Gasteiger partial charge in [-0.05, 0) is 48.2 Å².